The van der Waals surface area contributed by atoms with Crippen molar-refractivity contribution in [2.24, 2.45) is 4.99 Å². The predicted molar refractivity (Wildman–Crippen MR) is 134 cm³/mol. The fourth-order valence-electron chi connectivity index (χ4n) is 4.22. The van der Waals surface area contributed by atoms with E-state index in [0.29, 0.717) is 23.5 Å². The number of carbonyl (C=O) groups is 2. The van der Waals surface area contributed by atoms with E-state index < -0.39 is 12.0 Å². The summed E-state index contributed by atoms with van der Waals surface area (Å²) in [5.74, 6) is -1.19. The Morgan fingerprint density at radius 3 is 2.31 bits per heavy atom. The average molecular weight is 513 g/mol. The summed E-state index contributed by atoms with van der Waals surface area (Å²) >= 11 is 0. The molecule has 1 unspecified atom stereocenters. The van der Waals surface area contributed by atoms with Crippen molar-refractivity contribution >= 4 is 23.3 Å². The number of amides is 1. The van der Waals surface area contributed by atoms with Crippen molar-refractivity contribution in [3.63, 3.8) is 0 Å². The number of carboxylic acid groups (broad SMARTS) is 1. The molecule has 0 spiro atoms. The summed E-state index contributed by atoms with van der Waals surface area (Å²) in [5.41, 5.74) is 3.60. The third-order valence-corrected chi connectivity index (χ3v) is 5.99. The molecule has 1 N–H and O–H groups in total. The number of rotatable bonds is 8. The van der Waals surface area contributed by atoms with Crippen molar-refractivity contribution in [3.8, 4) is 0 Å². The number of para-hydroxylation sites is 1. The van der Waals surface area contributed by atoms with E-state index in [9.17, 15) is 14.7 Å². The van der Waals surface area contributed by atoms with Crippen LogP contribution in [0.2, 0.25) is 0 Å². The van der Waals surface area contributed by atoms with E-state index in [2.05, 4.69) is 27.3 Å². The Kier molecular flexibility index (Phi) is 9.35. The largest absolute Gasteiger partial charge is 0.625 e. The Labute approximate surface area is 216 Å². The SMILES string of the molecule is C[C@H](N=C(c1ccccc1)c1ccccc1[N-]C(=O)C1CCCN1Cc1ccccc1)C(=O)O.[Ni]. The van der Waals surface area contributed by atoms with Crippen molar-refractivity contribution < 1.29 is 31.2 Å². The van der Waals surface area contributed by atoms with Gasteiger partial charge in [-0.3, -0.25) is 9.89 Å². The van der Waals surface area contributed by atoms with Gasteiger partial charge in [-0.05, 0) is 37.4 Å². The van der Waals surface area contributed by atoms with Gasteiger partial charge in [0.25, 0.3) is 0 Å². The van der Waals surface area contributed by atoms with Gasteiger partial charge in [-0.25, -0.2) is 4.79 Å². The minimum atomic E-state index is -1.01. The number of carboxylic acids is 1. The fourth-order valence-corrected chi connectivity index (χ4v) is 4.22. The zero-order valence-electron chi connectivity index (χ0n) is 19.5. The molecule has 1 fully saturated rings. The van der Waals surface area contributed by atoms with Crippen molar-refractivity contribution in [2.75, 3.05) is 6.54 Å². The van der Waals surface area contributed by atoms with Crippen molar-refractivity contribution in [1.82, 2.24) is 4.90 Å². The molecular weight excluding hydrogens is 485 g/mol. The van der Waals surface area contributed by atoms with Gasteiger partial charge < -0.3 is 15.2 Å². The van der Waals surface area contributed by atoms with E-state index in [1.54, 1.807) is 6.07 Å². The number of hydrogen-bond donors (Lipinski definition) is 1. The monoisotopic (exact) mass is 512 g/mol. The summed E-state index contributed by atoms with van der Waals surface area (Å²) in [6.45, 7) is 3.10. The number of carbonyl (C=O) groups excluding carboxylic acids is 1. The van der Waals surface area contributed by atoms with Gasteiger partial charge >= 0.3 is 5.97 Å². The molecule has 35 heavy (non-hydrogen) atoms. The molecule has 0 aromatic heterocycles. The van der Waals surface area contributed by atoms with E-state index in [0.717, 1.165) is 24.9 Å². The molecule has 3 aromatic rings. The van der Waals surface area contributed by atoms with E-state index >= 15 is 0 Å². The topological polar surface area (TPSA) is 84.1 Å². The minimum Gasteiger partial charge on any atom is -0.625 e. The molecule has 1 heterocycles. The van der Waals surface area contributed by atoms with Crippen LogP contribution in [0.5, 0.6) is 0 Å². The maximum absolute atomic E-state index is 13.3. The number of aliphatic carboxylic acids is 1. The molecule has 1 aliphatic rings. The molecule has 1 amide bonds. The molecule has 184 valence electrons. The summed E-state index contributed by atoms with van der Waals surface area (Å²) in [7, 11) is 0. The second-order valence-corrected chi connectivity index (χ2v) is 8.44. The first kappa shape index (κ1) is 26.3. The van der Waals surface area contributed by atoms with Gasteiger partial charge in [0, 0.05) is 28.6 Å². The van der Waals surface area contributed by atoms with Crippen LogP contribution in [0, 0.1) is 0 Å². The van der Waals surface area contributed by atoms with E-state index in [1.807, 2.05) is 66.7 Å². The summed E-state index contributed by atoms with van der Waals surface area (Å²) in [6, 6.07) is 25.6. The maximum Gasteiger partial charge on any atom is 0.328 e. The Bertz CT molecular complexity index is 1170. The molecule has 0 aliphatic carbocycles. The van der Waals surface area contributed by atoms with E-state index in [-0.39, 0.29) is 28.4 Å². The number of aliphatic imine (C=N–C) groups is 1. The molecule has 0 saturated carbocycles. The molecule has 3 aromatic carbocycles. The maximum atomic E-state index is 13.3. The van der Waals surface area contributed by atoms with E-state index in [1.165, 1.54) is 12.5 Å². The van der Waals surface area contributed by atoms with Gasteiger partial charge in [-0.15, -0.1) is 5.69 Å². The first-order chi connectivity index (χ1) is 16.5. The number of benzene rings is 3. The van der Waals surface area contributed by atoms with Gasteiger partial charge in [-0.1, -0.05) is 84.9 Å². The first-order valence-electron chi connectivity index (χ1n) is 11.5. The Balaban J connectivity index is 0.00000342. The van der Waals surface area contributed by atoms with E-state index in [4.69, 9.17) is 0 Å². The normalized spacial score (nSPS) is 16.8. The van der Waals surface area contributed by atoms with Crippen LogP contribution < -0.4 is 0 Å². The summed E-state index contributed by atoms with van der Waals surface area (Å²) in [4.78, 5) is 31.5. The predicted octanol–water partition coefficient (Wildman–Crippen LogP) is 5.19. The number of nitrogens with zero attached hydrogens (tertiary/aromatic N) is 3. The molecule has 1 saturated heterocycles. The molecule has 7 heteroatoms. The van der Waals surface area contributed by atoms with Gasteiger partial charge in [0.1, 0.15) is 6.04 Å². The quantitative estimate of drug-likeness (QED) is 0.332. The molecule has 4 rings (SSSR count). The van der Waals surface area contributed by atoms with Crippen LogP contribution in [0.25, 0.3) is 5.32 Å². The Morgan fingerprint density at radius 1 is 1.00 bits per heavy atom. The minimum absolute atomic E-state index is 0. The Morgan fingerprint density at radius 2 is 1.63 bits per heavy atom. The fraction of sp³-hybridized carbons (Fsp3) is 0.250. The van der Waals surface area contributed by atoms with Gasteiger partial charge in [0.2, 0.25) is 0 Å². The number of hydrogen-bond acceptors (Lipinski definition) is 4. The van der Waals surface area contributed by atoms with Crippen LogP contribution >= 0.6 is 0 Å². The van der Waals surface area contributed by atoms with Crippen LogP contribution in [0.15, 0.2) is 89.9 Å². The van der Waals surface area contributed by atoms with Crippen LogP contribution in [0.4, 0.5) is 5.69 Å². The zero-order valence-corrected chi connectivity index (χ0v) is 20.5. The zero-order chi connectivity index (χ0) is 23.9. The van der Waals surface area contributed by atoms with Crippen LogP contribution in [0.3, 0.4) is 0 Å². The summed E-state index contributed by atoms with van der Waals surface area (Å²) in [6.07, 6.45) is 1.72. The second kappa shape index (κ2) is 12.4. The smallest absolute Gasteiger partial charge is 0.328 e. The standard InChI is InChI=1S/C28H29N3O3.Ni/c1-20(28(33)34)29-26(22-13-6-3-7-14-22)23-15-8-9-16-24(23)30-27(32)25-17-10-18-31(25)19-21-11-4-2-5-12-21;/h2-9,11-16,20,25H,10,17-19H2,1H3,(H2,29,30,32,33,34);/p-1/t20-,25?;/m0./s1. The molecular formula is C28H28N3NiO3-. The van der Waals surface area contributed by atoms with Gasteiger partial charge in [0.05, 0.1) is 17.7 Å². The van der Waals surface area contributed by atoms with Crippen LogP contribution in [-0.2, 0) is 32.6 Å². The van der Waals surface area contributed by atoms with Gasteiger partial charge in [0.15, 0.2) is 0 Å². The third-order valence-electron chi connectivity index (χ3n) is 5.99. The van der Waals surface area contributed by atoms with Crippen molar-refractivity contribution in [2.45, 2.75) is 38.4 Å². The Hall–Kier alpha value is -3.28. The second-order valence-electron chi connectivity index (χ2n) is 8.44. The summed E-state index contributed by atoms with van der Waals surface area (Å²) in [5, 5.41) is 14.0. The molecule has 0 radical (unpaired) electrons. The van der Waals surface area contributed by atoms with Crippen LogP contribution in [0.1, 0.15) is 36.5 Å². The average Bonchev–Trinajstić information content (AvgIpc) is 3.32. The molecule has 6 nitrogen and oxygen atoms in total. The van der Waals surface area contributed by atoms with Crippen molar-refractivity contribution in [3.05, 3.63) is 107 Å². The molecule has 2 atom stereocenters. The van der Waals surface area contributed by atoms with Crippen molar-refractivity contribution in [1.29, 1.82) is 0 Å². The first-order valence-corrected chi connectivity index (χ1v) is 11.5. The third kappa shape index (κ3) is 6.65. The summed E-state index contributed by atoms with van der Waals surface area (Å²) < 4.78 is 0. The molecule has 1 aliphatic heterocycles. The van der Waals surface area contributed by atoms with Gasteiger partial charge in [-0.2, -0.15) is 0 Å². The number of likely N-dealkylation sites (tertiary alicyclic amines) is 1. The molecule has 0 bridgehead atoms. The van der Waals surface area contributed by atoms with Crippen LogP contribution in [-0.4, -0.2) is 46.2 Å².